The van der Waals surface area contributed by atoms with Gasteiger partial charge in [0, 0.05) is 32.6 Å². The minimum Gasteiger partial charge on any atom is -0.504 e. The smallest absolute Gasteiger partial charge is 0.342 e. The fourth-order valence-electron chi connectivity index (χ4n) is 6.52. The summed E-state index contributed by atoms with van der Waals surface area (Å²) in [6.07, 6.45) is -14.8. The normalized spacial score (nSPS) is 34.3. The number of hydrogen-bond donors (Lipinski definition) is 5. The van der Waals surface area contributed by atoms with Gasteiger partial charge in [-0.15, -0.1) is 6.58 Å². The summed E-state index contributed by atoms with van der Waals surface area (Å²) in [7, 11) is 0. The molecule has 5 rings (SSSR count). The number of aliphatic hydroxyl groups excluding tert-OH is 4. The summed E-state index contributed by atoms with van der Waals surface area (Å²) in [5.74, 6) is -6.90. The molecule has 4 aliphatic rings. The molecule has 0 radical (unpaired) electrons. The lowest BCUT2D eigenvalue weighted by atomic mass is 9.81. The number of aliphatic hydroxyl groups is 4. The Bertz CT molecular complexity index is 1640. The highest BCUT2D eigenvalue weighted by Crippen LogP contribution is 2.40. The van der Waals surface area contributed by atoms with Crippen molar-refractivity contribution in [3.05, 3.63) is 48.3 Å². The lowest BCUT2D eigenvalue weighted by molar-refractivity contribution is -0.341. The Kier molecular flexibility index (Phi) is 13.3. The lowest BCUT2D eigenvalue weighted by Crippen LogP contribution is -2.63. The van der Waals surface area contributed by atoms with Crippen molar-refractivity contribution in [1.29, 1.82) is 0 Å². The molecule has 3 fully saturated rings. The maximum atomic E-state index is 13.8. The van der Waals surface area contributed by atoms with Crippen molar-refractivity contribution in [3.63, 3.8) is 0 Å². The first-order valence-electron chi connectivity index (χ1n) is 17.1. The summed E-state index contributed by atoms with van der Waals surface area (Å²) in [5, 5.41) is 51.2. The third kappa shape index (κ3) is 9.18. The van der Waals surface area contributed by atoms with Gasteiger partial charge in [0.2, 0.25) is 18.9 Å². The van der Waals surface area contributed by atoms with Gasteiger partial charge >= 0.3 is 29.8 Å². The van der Waals surface area contributed by atoms with Crippen LogP contribution in [0.4, 0.5) is 0 Å². The molecule has 1 aromatic rings. The first kappa shape index (κ1) is 41.3. The molecule has 0 aliphatic carbocycles. The van der Waals surface area contributed by atoms with Crippen LogP contribution < -0.4 is 4.74 Å². The number of aromatic hydroxyl groups is 1. The molecule has 4 aliphatic heterocycles. The predicted octanol–water partition coefficient (Wildman–Crippen LogP) is -1.13. The number of phenolic OH excluding ortho intramolecular Hbond substituents is 1. The zero-order valence-corrected chi connectivity index (χ0v) is 29.8. The molecule has 20 nitrogen and oxygen atoms in total. The van der Waals surface area contributed by atoms with E-state index in [1.807, 2.05) is 0 Å². The molecule has 302 valence electrons. The topological polar surface area (TPSA) is 279 Å². The van der Waals surface area contributed by atoms with Gasteiger partial charge in [-0.1, -0.05) is 12.1 Å². The van der Waals surface area contributed by atoms with Crippen LogP contribution in [0.25, 0.3) is 0 Å². The predicted molar refractivity (Wildman–Crippen MR) is 175 cm³/mol. The first-order valence-corrected chi connectivity index (χ1v) is 17.1. The monoisotopic (exact) mass is 782 g/mol. The van der Waals surface area contributed by atoms with Gasteiger partial charge in [-0.3, -0.25) is 14.4 Å². The highest BCUT2D eigenvalue weighted by atomic mass is 16.8. The molecule has 0 amide bonds. The molecule has 1 aromatic carbocycles. The van der Waals surface area contributed by atoms with E-state index in [0.717, 1.165) is 26.8 Å². The van der Waals surface area contributed by atoms with Crippen molar-refractivity contribution in [2.45, 2.75) is 94.9 Å². The van der Waals surface area contributed by atoms with E-state index < -0.39 is 140 Å². The molecule has 0 spiro atoms. The van der Waals surface area contributed by atoms with Crippen LogP contribution in [-0.2, 0) is 61.8 Å². The van der Waals surface area contributed by atoms with E-state index in [0.29, 0.717) is 6.42 Å². The van der Waals surface area contributed by atoms with Crippen molar-refractivity contribution >= 4 is 29.8 Å². The molecule has 55 heavy (non-hydrogen) atoms. The maximum absolute atomic E-state index is 13.8. The quantitative estimate of drug-likeness (QED) is 0.0953. The van der Waals surface area contributed by atoms with Crippen LogP contribution in [0.2, 0.25) is 0 Å². The fourth-order valence-corrected chi connectivity index (χ4v) is 6.52. The standard InChI is InChI=1S/C35H42O20/c1-5-17-18-9-10-46-31(44)20(18)12-48-33(17)55-35-30(50-16(4)39)29(49-15(3)38)28(23(53-35)13-47-14(2)37)54-32(45)19-7-6-8-21(24(19)40)51-34-27(43)26(42)25(41)22(11-36)52-34/h5-8,12,17-18,22-23,25-30,33-36,40-43H,1,9-11,13H2,2-4H3/t17-,18-,22-,23-,25+,26-,27+,28+,29-,30+,33-,34+,35-/m0/s1. The van der Waals surface area contributed by atoms with Gasteiger partial charge in [-0.05, 0) is 18.6 Å². The summed E-state index contributed by atoms with van der Waals surface area (Å²) in [6.45, 7) is 5.72. The number of rotatable bonds is 12. The number of cyclic esters (lactones) is 1. The Hall–Kier alpha value is -4.83. The number of ether oxygens (including phenoxy) is 10. The number of carbonyl (C=O) groups is 5. The fraction of sp³-hybridized carbons (Fsp3) is 0.571. The van der Waals surface area contributed by atoms with Crippen LogP contribution in [-0.4, -0.2) is 143 Å². The van der Waals surface area contributed by atoms with Crippen LogP contribution in [0.1, 0.15) is 37.6 Å². The maximum Gasteiger partial charge on any atom is 0.342 e. The van der Waals surface area contributed by atoms with Crippen LogP contribution >= 0.6 is 0 Å². The van der Waals surface area contributed by atoms with E-state index in [1.165, 1.54) is 24.5 Å². The Labute approximate surface area is 313 Å². The van der Waals surface area contributed by atoms with Gasteiger partial charge in [0.15, 0.2) is 29.8 Å². The largest absolute Gasteiger partial charge is 0.504 e. The SMILES string of the molecule is C=C[C@@H]1[C@H](O[C@@H]2O[C@@H](COC(C)=O)[C@@H](OC(=O)c3cccc(O[C@@H]4O[C@@H](CO)[C@@H](O)[C@H](O)[C@H]4O)c3O)[C@H](OC(C)=O)[C@H]2OC(C)=O)OC=C2C(=O)OCC[C@H]21. The Morgan fingerprint density at radius 3 is 2.22 bits per heavy atom. The zero-order chi connectivity index (χ0) is 40.1. The van der Waals surface area contributed by atoms with Crippen molar-refractivity contribution < 1.29 is 96.9 Å². The molecule has 3 saturated heterocycles. The van der Waals surface area contributed by atoms with E-state index in [2.05, 4.69) is 6.58 Å². The number of carbonyl (C=O) groups excluding carboxylic acids is 5. The van der Waals surface area contributed by atoms with Crippen molar-refractivity contribution in [2.24, 2.45) is 11.8 Å². The number of benzene rings is 1. The Balaban J connectivity index is 1.45. The summed E-state index contributed by atoms with van der Waals surface area (Å²) in [4.78, 5) is 63.0. The summed E-state index contributed by atoms with van der Waals surface area (Å²) >= 11 is 0. The summed E-state index contributed by atoms with van der Waals surface area (Å²) < 4.78 is 55.9. The van der Waals surface area contributed by atoms with Gasteiger partial charge < -0.3 is 72.9 Å². The van der Waals surface area contributed by atoms with Crippen LogP contribution in [0.5, 0.6) is 11.5 Å². The van der Waals surface area contributed by atoms with Crippen molar-refractivity contribution in [3.8, 4) is 11.5 Å². The number of para-hydroxylation sites is 1. The highest BCUT2D eigenvalue weighted by Gasteiger charge is 2.55. The molecule has 4 heterocycles. The number of fused-ring (bicyclic) bond motifs is 1. The van der Waals surface area contributed by atoms with Crippen molar-refractivity contribution in [2.75, 3.05) is 19.8 Å². The summed E-state index contributed by atoms with van der Waals surface area (Å²) in [5.41, 5.74) is -0.309. The number of phenols is 1. The first-order chi connectivity index (χ1) is 26.1. The lowest BCUT2D eigenvalue weighted by Gasteiger charge is -2.46. The molecule has 13 atom stereocenters. The number of hydrogen-bond acceptors (Lipinski definition) is 20. The van der Waals surface area contributed by atoms with Gasteiger partial charge in [0.25, 0.3) is 0 Å². The Morgan fingerprint density at radius 1 is 0.873 bits per heavy atom. The molecular weight excluding hydrogens is 740 g/mol. The summed E-state index contributed by atoms with van der Waals surface area (Å²) in [6, 6.07) is 3.52. The van der Waals surface area contributed by atoms with E-state index >= 15 is 0 Å². The van der Waals surface area contributed by atoms with E-state index in [-0.39, 0.29) is 12.2 Å². The van der Waals surface area contributed by atoms with Crippen LogP contribution in [0, 0.1) is 11.8 Å². The van der Waals surface area contributed by atoms with Crippen LogP contribution in [0.15, 0.2) is 42.7 Å². The average molecular weight is 783 g/mol. The highest BCUT2D eigenvalue weighted by molar-refractivity contribution is 5.93. The zero-order valence-electron chi connectivity index (χ0n) is 29.8. The molecule has 5 N–H and O–H groups in total. The minimum atomic E-state index is -1.86. The third-order valence-electron chi connectivity index (χ3n) is 9.15. The van der Waals surface area contributed by atoms with Gasteiger partial charge in [-0.25, -0.2) is 9.59 Å². The molecule has 0 saturated carbocycles. The van der Waals surface area contributed by atoms with Crippen molar-refractivity contribution in [1.82, 2.24) is 0 Å². The second kappa shape index (κ2) is 17.8. The van der Waals surface area contributed by atoms with Gasteiger partial charge in [-0.2, -0.15) is 0 Å². The third-order valence-corrected chi connectivity index (χ3v) is 9.15. The Morgan fingerprint density at radius 2 is 1.56 bits per heavy atom. The molecule has 0 unspecified atom stereocenters. The van der Waals surface area contributed by atoms with E-state index in [4.69, 9.17) is 47.4 Å². The second-order valence-corrected chi connectivity index (χ2v) is 12.9. The van der Waals surface area contributed by atoms with Crippen LogP contribution in [0.3, 0.4) is 0 Å². The minimum absolute atomic E-state index is 0.123. The second-order valence-electron chi connectivity index (χ2n) is 12.9. The molecule has 0 aromatic heterocycles. The molecule has 20 heteroatoms. The molecular formula is C35H42O20. The average Bonchev–Trinajstić information content (AvgIpc) is 3.13. The van der Waals surface area contributed by atoms with E-state index in [9.17, 15) is 49.5 Å². The van der Waals surface area contributed by atoms with Gasteiger partial charge in [0.1, 0.15) is 42.7 Å². The number of esters is 5. The van der Waals surface area contributed by atoms with Gasteiger partial charge in [0.05, 0.1) is 25.0 Å². The van der Waals surface area contributed by atoms with E-state index in [1.54, 1.807) is 0 Å². The molecule has 0 bridgehead atoms.